The number of aryl methyl sites for hydroxylation is 1. The molecule has 0 radical (unpaired) electrons. The van der Waals surface area contributed by atoms with E-state index in [4.69, 9.17) is 27.9 Å². The second kappa shape index (κ2) is 5.87. The monoisotopic (exact) mass is 288 g/mol. The lowest BCUT2D eigenvalue weighted by molar-refractivity contribution is -0.122. The first-order chi connectivity index (χ1) is 8.58. The number of anilines is 1. The van der Waals surface area contributed by atoms with Crippen LogP contribution in [-0.2, 0) is 9.53 Å². The van der Waals surface area contributed by atoms with Crippen LogP contribution in [-0.4, -0.2) is 24.1 Å². The lowest BCUT2D eigenvalue weighted by atomic mass is 9.99. The Kier molecular flexibility index (Phi) is 4.43. The summed E-state index contributed by atoms with van der Waals surface area (Å²) in [6, 6.07) is 1.67. The van der Waals surface area contributed by atoms with Gasteiger partial charge in [0.1, 0.15) is 5.15 Å². The summed E-state index contributed by atoms with van der Waals surface area (Å²) in [5, 5.41) is 3.37. The molecular weight excluding hydrogens is 275 g/mol. The number of nitrogens with one attached hydrogen (secondary N) is 1. The summed E-state index contributed by atoms with van der Waals surface area (Å²) in [5.41, 5.74) is 1.35. The van der Waals surface area contributed by atoms with Crippen molar-refractivity contribution >= 4 is 34.8 Å². The Labute approximate surface area is 116 Å². The van der Waals surface area contributed by atoms with Crippen LogP contribution in [0.15, 0.2) is 6.07 Å². The van der Waals surface area contributed by atoms with Crippen molar-refractivity contribution in [2.45, 2.75) is 19.8 Å². The van der Waals surface area contributed by atoms with Gasteiger partial charge in [0, 0.05) is 19.1 Å². The molecule has 2 rings (SSSR count). The molecule has 18 heavy (non-hydrogen) atoms. The van der Waals surface area contributed by atoms with Gasteiger partial charge < -0.3 is 10.1 Å². The Morgan fingerprint density at radius 1 is 1.44 bits per heavy atom. The molecule has 1 aliphatic heterocycles. The number of ether oxygens (including phenoxy) is 1. The Bertz CT molecular complexity index is 436. The zero-order valence-corrected chi connectivity index (χ0v) is 11.5. The molecule has 6 heteroatoms. The van der Waals surface area contributed by atoms with Crippen LogP contribution in [0.4, 0.5) is 5.69 Å². The van der Waals surface area contributed by atoms with E-state index in [1.54, 1.807) is 6.07 Å². The van der Waals surface area contributed by atoms with Crippen molar-refractivity contribution in [2.75, 3.05) is 18.5 Å². The van der Waals surface area contributed by atoms with Crippen LogP contribution in [0.1, 0.15) is 18.4 Å². The van der Waals surface area contributed by atoms with E-state index in [0.29, 0.717) is 24.1 Å². The number of hydrogen-bond acceptors (Lipinski definition) is 3. The fourth-order valence-electron chi connectivity index (χ4n) is 1.93. The number of carbonyl (C=O) groups excluding carboxylic acids is 1. The number of halogens is 2. The van der Waals surface area contributed by atoms with Gasteiger partial charge in [-0.05, 0) is 31.4 Å². The molecule has 0 unspecified atom stereocenters. The van der Waals surface area contributed by atoms with Crippen LogP contribution in [0.2, 0.25) is 10.3 Å². The van der Waals surface area contributed by atoms with Gasteiger partial charge >= 0.3 is 0 Å². The largest absolute Gasteiger partial charge is 0.381 e. The van der Waals surface area contributed by atoms with Gasteiger partial charge in [-0.2, -0.15) is 0 Å². The van der Waals surface area contributed by atoms with Crippen LogP contribution < -0.4 is 5.32 Å². The van der Waals surface area contributed by atoms with E-state index in [1.807, 2.05) is 6.92 Å². The lowest BCUT2D eigenvalue weighted by Gasteiger charge is -2.21. The summed E-state index contributed by atoms with van der Waals surface area (Å²) in [6.45, 7) is 3.09. The van der Waals surface area contributed by atoms with Crippen molar-refractivity contribution in [2.24, 2.45) is 5.92 Å². The van der Waals surface area contributed by atoms with E-state index < -0.39 is 0 Å². The van der Waals surface area contributed by atoms with E-state index in [9.17, 15) is 4.79 Å². The highest BCUT2D eigenvalue weighted by Crippen LogP contribution is 2.27. The molecule has 1 saturated heterocycles. The van der Waals surface area contributed by atoms with Crippen molar-refractivity contribution in [3.63, 3.8) is 0 Å². The van der Waals surface area contributed by atoms with Crippen LogP contribution in [0, 0.1) is 12.8 Å². The van der Waals surface area contributed by atoms with E-state index in [2.05, 4.69) is 10.3 Å². The van der Waals surface area contributed by atoms with Gasteiger partial charge in [0.05, 0.1) is 5.69 Å². The lowest BCUT2D eigenvalue weighted by Crippen LogP contribution is -2.29. The Balaban J connectivity index is 2.11. The highest BCUT2D eigenvalue weighted by atomic mass is 35.5. The minimum Gasteiger partial charge on any atom is -0.381 e. The molecule has 1 N–H and O–H groups in total. The molecular formula is C12H14Cl2N2O2. The highest BCUT2D eigenvalue weighted by molar-refractivity contribution is 6.34. The molecule has 1 aliphatic rings. The summed E-state index contributed by atoms with van der Waals surface area (Å²) in [5.74, 6) is -0.0580. The summed E-state index contributed by atoms with van der Waals surface area (Å²) < 4.78 is 5.23. The van der Waals surface area contributed by atoms with E-state index in [-0.39, 0.29) is 17.0 Å². The van der Waals surface area contributed by atoms with Crippen molar-refractivity contribution in [3.8, 4) is 0 Å². The average Bonchev–Trinajstić information content (AvgIpc) is 2.34. The number of amides is 1. The molecule has 0 aliphatic carbocycles. The van der Waals surface area contributed by atoms with Crippen molar-refractivity contribution < 1.29 is 9.53 Å². The molecule has 1 aromatic heterocycles. The summed E-state index contributed by atoms with van der Waals surface area (Å²) >= 11 is 11.8. The van der Waals surface area contributed by atoms with E-state index in [0.717, 1.165) is 18.4 Å². The van der Waals surface area contributed by atoms with Gasteiger partial charge in [-0.15, -0.1) is 0 Å². The average molecular weight is 289 g/mol. The van der Waals surface area contributed by atoms with Gasteiger partial charge in [-0.25, -0.2) is 4.98 Å². The van der Waals surface area contributed by atoms with Crippen molar-refractivity contribution in [3.05, 3.63) is 21.9 Å². The third kappa shape index (κ3) is 3.13. The molecule has 1 aromatic rings. The zero-order chi connectivity index (χ0) is 13.1. The smallest absolute Gasteiger partial charge is 0.227 e. The summed E-state index contributed by atoms with van der Waals surface area (Å²) in [6.07, 6.45) is 1.48. The second-order valence-corrected chi connectivity index (χ2v) is 5.05. The number of hydrogen-bond donors (Lipinski definition) is 1. The predicted octanol–water partition coefficient (Wildman–Crippen LogP) is 3.06. The third-order valence-electron chi connectivity index (χ3n) is 2.98. The minimum absolute atomic E-state index is 0.0232. The second-order valence-electron chi connectivity index (χ2n) is 4.30. The molecule has 1 amide bonds. The maximum atomic E-state index is 12.1. The summed E-state index contributed by atoms with van der Waals surface area (Å²) in [7, 11) is 0. The van der Waals surface area contributed by atoms with Crippen molar-refractivity contribution in [1.29, 1.82) is 0 Å². The quantitative estimate of drug-likeness (QED) is 0.851. The van der Waals surface area contributed by atoms with Crippen LogP contribution >= 0.6 is 23.2 Å². The highest BCUT2D eigenvalue weighted by Gasteiger charge is 2.23. The minimum atomic E-state index is -0.0348. The molecule has 0 atom stereocenters. The zero-order valence-electron chi connectivity index (χ0n) is 10.0. The Morgan fingerprint density at radius 3 is 2.72 bits per heavy atom. The molecule has 0 bridgehead atoms. The number of aromatic nitrogens is 1. The fourth-order valence-corrected chi connectivity index (χ4v) is 2.51. The van der Waals surface area contributed by atoms with Gasteiger partial charge in [-0.1, -0.05) is 23.2 Å². The first-order valence-corrected chi connectivity index (χ1v) is 6.55. The van der Waals surface area contributed by atoms with Crippen LogP contribution in [0.5, 0.6) is 0 Å². The Hall–Kier alpha value is -0.840. The first-order valence-electron chi connectivity index (χ1n) is 5.79. The SMILES string of the molecule is Cc1cc(Cl)nc(Cl)c1NC(=O)C1CCOCC1. The van der Waals surface area contributed by atoms with Crippen LogP contribution in [0.3, 0.4) is 0 Å². The van der Waals surface area contributed by atoms with E-state index >= 15 is 0 Å². The van der Waals surface area contributed by atoms with Gasteiger partial charge in [0.25, 0.3) is 0 Å². The molecule has 0 spiro atoms. The maximum absolute atomic E-state index is 12.1. The standard InChI is InChI=1S/C12H14Cl2N2O2/c1-7-6-9(13)15-11(14)10(7)16-12(17)8-2-4-18-5-3-8/h6,8H,2-5H2,1H3,(H,16,17). The Morgan fingerprint density at radius 2 is 2.11 bits per heavy atom. The maximum Gasteiger partial charge on any atom is 0.227 e. The molecule has 4 nitrogen and oxygen atoms in total. The normalized spacial score (nSPS) is 16.6. The molecule has 0 saturated carbocycles. The number of rotatable bonds is 2. The van der Waals surface area contributed by atoms with E-state index in [1.165, 1.54) is 0 Å². The molecule has 2 heterocycles. The fraction of sp³-hybridized carbons (Fsp3) is 0.500. The number of carbonyl (C=O) groups is 1. The topological polar surface area (TPSA) is 51.2 Å². The van der Waals surface area contributed by atoms with Gasteiger partial charge in [0.15, 0.2) is 5.15 Å². The molecule has 98 valence electrons. The van der Waals surface area contributed by atoms with Crippen LogP contribution in [0.25, 0.3) is 0 Å². The van der Waals surface area contributed by atoms with Crippen molar-refractivity contribution in [1.82, 2.24) is 4.98 Å². The molecule has 0 aromatic carbocycles. The first kappa shape index (κ1) is 13.6. The number of pyridine rings is 1. The predicted molar refractivity (Wildman–Crippen MR) is 71.2 cm³/mol. The van der Waals surface area contributed by atoms with Gasteiger partial charge in [-0.3, -0.25) is 4.79 Å². The molecule has 1 fully saturated rings. The number of nitrogens with zero attached hydrogens (tertiary/aromatic N) is 1. The third-order valence-corrected chi connectivity index (χ3v) is 3.45. The summed E-state index contributed by atoms with van der Waals surface area (Å²) in [4.78, 5) is 16.0. The van der Waals surface area contributed by atoms with Gasteiger partial charge in [0.2, 0.25) is 5.91 Å².